The van der Waals surface area contributed by atoms with Crippen molar-refractivity contribution < 1.29 is 0 Å². The highest BCUT2D eigenvalue weighted by Crippen LogP contribution is 2.33. The van der Waals surface area contributed by atoms with Crippen LogP contribution in [-0.4, -0.2) is 19.6 Å². The van der Waals surface area contributed by atoms with Gasteiger partial charge in [-0.3, -0.25) is 0 Å². The summed E-state index contributed by atoms with van der Waals surface area (Å²) in [5.74, 6) is 1.57. The van der Waals surface area contributed by atoms with Gasteiger partial charge in [0.15, 0.2) is 0 Å². The fraction of sp³-hybridized carbons (Fsp3) is 0.647. The second-order valence-corrected chi connectivity index (χ2v) is 7.20. The average Bonchev–Trinajstić information content (AvgIpc) is 2.37. The fourth-order valence-corrected chi connectivity index (χ4v) is 3.98. The Bertz CT molecular complexity index is 437. The Labute approximate surface area is 132 Å². The van der Waals surface area contributed by atoms with Gasteiger partial charge < -0.3 is 10.2 Å². The van der Waals surface area contributed by atoms with E-state index in [1.54, 1.807) is 0 Å². The predicted molar refractivity (Wildman–Crippen MR) is 91.4 cm³/mol. The molecule has 1 aliphatic heterocycles. The zero-order chi connectivity index (χ0) is 14.7. The van der Waals surface area contributed by atoms with Crippen LogP contribution in [-0.2, 0) is 0 Å². The van der Waals surface area contributed by atoms with Crippen LogP contribution >= 0.6 is 15.9 Å². The van der Waals surface area contributed by atoms with Crippen molar-refractivity contribution in [2.24, 2.45) is 11.8 Å². The largest absolute Gasteiger partial charge is 0.370 e. The van der Waals surface area contributed by atoms with Crippen molar-refractivity contribution in [3.63, 3.8) is 0 Å². The summed E-state index contributed by atoms with van der Waals surface area (Å²) in [4.78, 5) is 2.53. The standard InChI is InChI=1S/C17H27BrN2/c1-5-19-14(4)15-6-7-17(16(18)9-15)20-10-12(2)8-13(3)11-20/h6-7,9,12-14,19H,5,8,10-11H2,1-4H3. The number of hydrogen-bond acceptors (Lipinski definition) is 2. The van der Waals surface area contributed by atoms with Gasteiger partial charge in [0.2, 0.25) is 0 Å². The van der Waals surface area contributed by atoms with Crippen molar-refractivity contribution in [2.45, 2.75) is 40.2 Å². The van der Waals surface area contributed by atoms with Crippen LogP contribution in [0.15, 0.2) is 22.7 Å². The van der Waals surface area contributed by atoms with E-state index >= 15 is 0 Å². The zero-order valence-electron chi connectivity index (χ0n) is 13.1. The Balaban J connectivity index is 2.17. The normalized spacial score (nSPS) is 24.8. The first-order chi connectivity index (χ1) is 9.51. The highest BCUT2D eigenvalue weighted by molar-refractivity contribution is 9.10. The van der Waals surface area contributed by atoms with E-state index in [-0.39, 0.29) is 0 Å². The van der Waals surface area contributed by atoms with E-state index in [0.717, 1.165) is 18.4 Å². The smallest absolute Gasteiger partial charge is 0.0511 e. The molecule has 1 N–H and O–H groups in total. The number of hydrogen-bond donors (Lipinski definition) is 1. The summed E-state index contributed by atoms with van der Waals surface area (Å²) in [6, 6.07) is 7.21. The van der Waals surface area contributed by atoms with Crippen LogP contribution in [0.25, 0.3) is 0 Å². The van der Waals surface area contributed by atoms with Crippen LogP contribution < -0.4 is 10.2 Å². The molecule has 3 unspecified atom stereocenters. The molecule has 2 rings (SSSR count). The van der Waals surface area contributed by atoms with Crippen LogP contribution in [0, 0.1) is 11.8 Å². The van der Waals surface area contributed by atoms with Gasteiger partial charge in [-0.05, 0) is 65.4 Å². The van der Waals surface area contributed by atoms with Gasteiger partial charge in [-0.15, -0.1) is 0 Å². The van der Waals surface area contributed by atoms with E-state index < -0.39 is 0 Å². The van der Waals surface area contributed by atoms with Crippen molar-refractivity contribution in [1.29, 1.82) is 0 Å². The van der Waals surface area contributed by atoms with Crippen LogP contribution in [0.2, 0.25) is 0 Å². The number of nitrogens with zero attached hydrogens (tertiary/aromatic N) is 1. The lowest BCUT2D eigenvalue weighted by molar-refractivity contribution is 0.356. The Morgan fingerprint density at radius 1 is 1.30 bits per heavy atom. The van der Waals surface area contributed by atoms with E-state index in [0.29, 0.717) is 6.04 Å². The van der Waals surface area contributed by atoms with Gasteiger partial charge in [0, 0.05) is 23.6 Å². The molecule has 1 aromatic carbocycles. The monoisotopic (exact) mass is 338 g/mol. The van der Waals surface area contributed by atoms with Crippen LogP contribution in [0.4, 0.5) is 5.69 Å². The van der Waals surface area contributed by atoms with Crippen molar-refractivity contribution in [3.8, 4) is 0 Å². The van der Waals surface area contributed by atoms with Gasteiger partial charge in [-0.1, -0.05) is 26.8 Å². The van der Waals surface area contributed by atoms with Gasteiger partial charge in [-0.25, -0.2) is 0 Å². The maximum atomic E-state index is 3.77. The SMILES string of the molecule is CCNC(C)c1ccc(N2CC(C)CC(C)C2)c(Br)c1. The topological polar surface area (TPSA) is 15.3 Å². The number of benzene rings is 1. The summed E-state index contributed by atoms with van der Waals surface area (Å²) in [7, 11) is 0. The predicted octanol–water partition coefficient (Wildman–Crippen LogP) is 4.60. The molecule has 112 valence electrons. The van der Waals surface area contributed by atoms with Gasteiger partial charge >= 0.3 is 0 Å². The van der Waals surface area contributed by atoms with Gasteiger partial charge in [-0.2, -0.15) is 0 Å². The highest BCUT2D eigenvalue weighted by atomic mass is 79.9. The molecule has 0 radical (unpaired) electrons. The van der Waals surface area contributed by atoms with Crippen molar-refractivity contribution >= 4 is 21.6 Å². The van der Waals surface area contributed by atoms with E-state index in [2.05, 4.69) is 72.0 Å². The second kappa shape index (κ2) is 6.95. The third-order valence-corrected chi connectivity index (χ3v) is 4.83. The molecule has 1 aliphatic rings. The third kappa shape index (κ3) is 3.76. The Morgan fingerprint density at radius 2 is 1.95 bits per heavy atom. The Hall–Kier alpha value is -0.540. The van der Waals surface area contributed by atoms with Crippen molar-refractivity contribution in [2.75, 3.05) is 24.5 Å². The zero-order valence-corrected chi connectivity index (χ0v) is 14.7. The molecule has 0 aromatic heterocycles. The first-order valence-electron chi connectivity index (χ1n) is 7.79. The molecule has 0 aliphatic carbocycles. The van der Waals surface area contributed by atoms with Crippen LogP contribution in [0.1, 0.15) is 45.7 Å². The second-order valence-electron chi connectivity index (χ2n) is 6.34. The lowest BCUT2D eigenvalue weighted by Crippen LogP contribution is -2.38. The molecule has 3 heteroatoms. The lowest BCUT2D eigenvalue weighted by Gasteiger charge is -2.37. The summed E-state index contributed by atoms with van der Waals surface area (Å²) >= 11 is 3.77. The highest BCUT2D eigenvalue weighted by Gasteiger charge is 2.23. The number of piperidine rings is 1. The molecular formula is C17H27BrN2. The van der Waals surface area contributed by atoms with E-state index in [4.69, 9.17) is 0 Å². The number of anilines is 1. The third-order valence-electron chi connectivity index (χ3n) is 4.19. The van der Waals surface area contributed by atoms with Crippen molar-refractivity contribution in [3.05, 3.63) is 28.2 Å². The summed E-state index contributed by atoms with van der Waals surface area (Å²) in [5, 5.41) is 3.47. The maximum absolute atomic E-state index is 3.77. The first kappa shape index (κ1) is 15.8. The summed E-state index contributed by atoms with van der Waals surface area (Å²) in [6.45, 7) is 12.4. The fourth-order valence-electron chi connectivity index (χ4n) is 3.33. The molecule has 2 nitrogen and oxygen atoms in total. The minimum Gasteiger partial charge on any atom is -0.370 e. The first-order valence-corrected chi connectivity index (χ1v) is 8.58. The maximum Gasteiger partial charge on any atom is 0.0511 e. The Kier molecular flexibility index (Phi) is 5.50. The number of rotatable bonds is 4. The summed E-state index contributed by atoms with van der Waals surface area (Å²) in [5.41, 5.74) is 2.69. The molecule has 0 amide bonds. The Morgan fingerprint density at radius 3 is 2.50 bits per heavy atom. The molecule has 1 aromatic rings. The molecule has 0 saturated carbocycles. The minimum absolute atomic E-state index is 0.407. The molecule has 1 fully saturated rings. The molecule has 20 heavy (non-hydrogen) atoms. The average molecular weight is 339 g/mol. The van der Waals surface area contributed by atoms with Gasteiger partial charge in [0.1, 0.15) is 0 Å². The van der Waals surface area contributed by atoms with Crippen LogP contribution in [0.3, 0.4) is 0 Å². The molecule has 0 spiro atoms. The minimum atomic E-state index is 0.407. The molecule has 1 heterocycles. The molecular weight excluding hydrogens is 312 g/mol. The van der Waals surface area contributed by atoms with Gasteiger partial charge in [0.25, 0.3) is 0 Å². The molecule has 0 bridgehead atoms. The van der Waals surface area contributed by atoms with Crippen molar-refractivity contribution in [1.82, 2.24) is 5.32 Å². The van der Waals surface area contributed by atoms with E-state index in [9.17, 15) is 0 Å². The molecule has 3 atom stereocenters. The van der Waals surface area contributed by atoms with E-state index in [1.165, 1.54) is 35.2 Å². The summed E-state index contributed by atoms with van der Waals surface area (Å²) in [6.07, 6.45) is 1.35. The van der Waals surface area contributed by atoms with E-state index in [1.807, 2.05) is 0 Å². The summed E-state index contributed by atoms with van der Waals surface area (Å²) < 4.78 is 1.22. The van der Waals surface area contributed by atoms with Gasteiger partial charge in [0.05, 0.1) is 5.69 Å². The number of nitrogens with one attached hydrogen (secondary N) is 1. The molecule has 1 saturated heterocycles. The quantitative estimate of drug-likeness (QED) is 0.862. The van der Waals surface area contributed by atoms with Crippen LogP contribution in [0.5, 0.6) is 0 Å². The lowest BCUT2D eigenvalue weighted by atomic mass is 9.91. The number of halogens is 1.